The van der Waals surface area contributed by atoms with Crippen LogP contribution >= 0.6 is 35.0 Å². The second kappa shape index (κ2) is 6.84. The van der Waals surface area contributed by atoms with Gasteiger partial charge in [-0.15, -0.1) is 11.6 Å². The van der Waals surface area contributed by atoms with Gasteiger partial charge in [0.1, 0.15) is 11.7 Å². The fourth-order valence-corrected chi connectivity index (χ4v) is 3.46. The molecule has 0 aromatic heterocycles. The number of aliphatic imine (C=N–C) groups is 1. The van der Waals surface area contributed by atoms with Crippen molar-refractivity contribution in [1.82, 2.24) is 5.32 Å². The third kappa shape index (κ3) is 3.40. The maximum absolute atomic E-state index is 11.7. The Labute approximate surface area is 152 Å². The molecule has 24 heavy (non-hydrogen) atoms. The lowest BCUT2D eigenvalue weighted by molar-refractivity contribution is -0.117. The molecule has 3 N–H and O–H groups in total. The molecule has 0 radical (unpaired) electrons. The third-order valence-corrected chi connectivity index (χ3v) is 4.87. The highest BCUT2D eigenvalue weighted by Gasteiger charge is 2.20. The molecule has 3 rings (SSSR count). The van der Waals surface area contributed by atoms with Gasteiger partial charge in [-0.2, -0.15) is 0 Å². The number of amidine groups is 1. The fraction of sp³-hybridized carbons (Fsp3) is 0.0625. The molecule has 122 valence electrons. The summed E-state index contributed by atoms with van der Waals surface area (Å²) in [5.41, 5.74) is 7.02. The number of carbonyl (C=O) groups excluding carboxylic acids is 2. The molecule has 1 aliphatic rings. The fourth-order valence-electron chi connectivity index (χ4n) is 2.18. The number of carbonyl (C=O) groups is 2. The van der Waals surface area contributed by atoms with Crippen molar-refractivity contribution < 1.29 is 9.59 Å². The molecule has 0 aliphatic carbocycles. The summed E-state index contributed by atoms with van der Waals surface area (Å²) in [5.74, 6) is -0.714. The molecule has 0 bridgehead atoms. The lowest BCUT2D eigenvalue weighted by Gasteiger charge is -2.10. The molecule has 2 aromatic carbocycles. The molecule has 0 fully saturated rings. The zero-order valence-corrected chi connectivity index (χ0v) is 14.5. The third-order valence-electron chi connectivity index (χ3n) is 3.27. The van der Waals surface area contributed by atoms with Crippen LogP contribution in [-0.2, 0) is 4.79 Å². The van der Waals surface area contributed by atoms with E-state index >= 15 is 0 Å². The lowest BCUT2D eigenvalue weighted by Crippen LogP contribution is -2.32. The van der Waals surface area contributed by atoms with Crippen LogP contribution < -0.4 is 11.1 Å². The number of hydrogen-bond acceptors (Lipinski definition) is 4. The van der Waals surface area contributed by atoms with E-state index < -0.39 is 5.91 Å². The average Bonchev–Trinajstić information content (AvgIpc) is 2.70. The van der Waals surface area contributed by atoms with Crippen LogP contribution in [0, 0.1) is 0 Å². The number of amides is 2. The summed E-state index contributed by atoms with van der Waals surface area (Å²) in [6, 6.07) is 10.3. The van der Waals surface area contributed by atoms with Crippen LogP contribution in [0.4, 0.5) is 5.69 Å². The Morgan fingerprint density at radius 1 is 1.17 bits per heavy atom. The Bertz CT molecular complexity index is 884. The molecule has 0 unspecified atom stereocenters. The molecular weight excluding hydrogens is 369 g/mol. The molecule has 0 saturated heterocycles. The maximum atomic E-state index is 11.7. The van der Waals surface area contributed by atoms with E-state index in [0.717, 1.165) is 9.79 Å². The van der Waals surface area contributed by atoms with Crippen molar-refractivity contribution in [2.45, 2.75) is 9.79 Å². The van der Waals surface area contributed by atoms with Gasteiger partial charge >= 0.3 is 0 Å². The predicted octanol–water partition coefficient (Wildman–Crippen LogP) is 3.34. The summed E-state index contributed by atoms with van der Waals surface area (Å²) < 4.78 is 0. The van der Waals surface area contributed by atoms with Crippen molar-refractivity contribution in [1.29, 1.82) is 0 Å². The number of hydrogen-bond donors (Lipinski definition) is 2. The highest BCUT2D eigenvalue weighted by atomic mass is 35.5. The zero-order valence-electron chi connectivity index (χ0n) is 12.2. The van der Waals surface area contributed by atoms with Crippen LogP contribution in [0.25, 0.3) is 0 Å². The van der Waals surface area contributed by atoms with Gasteiger partial charge in [-0.25, -0.2) is 4.99 Å². The Balaban J connectivity index is 2.17. The van der Waals surface area contributed by atoms with Crippen LogP contribution in [0.1, 0.15) is 15.9 Å². The summed E-state index contributed by atoms with van der Waals surface area (Å²) in [4.78, 5) is 29.2. The monoisotopic (exact) mass is 379 g/mol. The minimum absolute atomic E-state index is 0.185. The van der Waals surface area contributed by atoms with Gasteiger partial charge < -0.3 is 11.1 Å². The molecule has 5 nitrogen and oxygen atoms in total. The quantitative estimate of drug-likeness (QED) is 0.784. The van der Waals surface area contributed by atoms with Crippen LogP contribution in [-0.4, -0.2) is 23.5 Å². The van der Waals surface area contributed by atoms with Gasteiger partial charge in [0.05, 0.1) is 5.69 Å². The topological polar surface area (TPSA) is 84.5 Å². The molecule has 8 heteroatoms. The van der Waals surface area contributed by atoms with E-state index in [0.29, 0.717) is 27.7 Å². The van der Waals surface area contributed by atoms with E-state index in [9.17, 15) is 9.59 Å². The van der Waals surface area contributed by atoms with E-state index in [-0.39, 0.29) is 11.8 Å². The van der Waals surface area contributed by atoms with Gasteiger partial charge in [0.25, 0.3) is 0 Å². The van der Waals surface area contributed by atoms with Crippen LogP contribution in [0.15, 0.2) is 51.2 Å². The highest BCUT2D eigenvalue weighted by molar-refractivity contribution is 7.99. The number of benzene rings is 2. The largest absolute Gasteiger partial charge is 0.366 e. The van der Waals surface area contributed by atoms with Crippen molar-refractivity contribution >= 4 is 58.3 Å². The first kappa shape index (κ1) is 16.8. The van der Waals surface area contributed by atoms with Gasteiger partial charge in [-0.3, -0.25) is 9.59 Å². The van der Waals surface area contributed by atoms with Gasteiger partial charge in [0, 0.05) is 25.9 Å². The number of fused-ring (bicyclic) bond motifs is 2. The standard InChI is InChI=1S/C16H11Cl2N3O2S/c17-7-14(22)21-16-10-6-9(18)2-4-12(10)24-13-5-8(15(19)23)1-3-11(13)20-16/h1-6H,7H2,(H2,19,23)(H,20,21,22). The first-order valence-corrected chi connectivity index (χ1v) is 8.57. The Hall–Kier alpha value is -2.02. The molecule has 0 spiro atoms. The minimum atomic E-state index is -0.515. The zero-order chi connectivity index (χ0) is 17.3. The molecule has 1 aliphatic heterocycles. The van der Waals surface area contributed by atoms with Crippen molar-refractivity contribution in [3.63, 3.8) is 0 Å². The summed E-state index contributed by atoms with van der Waals surface area (Å²) in [6.45, 7) is 0. The normalized spacial score (nSPS) is 12.5. The maximum Gasteiger partial charge on any atom is 0.248 e. The van der Waals surface area contributed by atoms with Gasteiger partial charge in [-0.05, 0) is 36.4 Å². The van der Waals surface area contributed by atoms with Gasteiger partial charge in [0.15, 0.2) is 0 Å². The molecule has 2 aromatic rings. The minimum Gasteiger partial charge on any atom is -0.366 e. The van der Waals surface area contributed by atoms with E-state index in [2.05, 4.69) is 10.3 Å². The second-order valence-corrected chi connectivity index (χ2v) is 6.72. The van der Waals surface area contributed by atoms with E-state index in [4.69, 9.17) is 28.9 Å². The number of rotatable bonds is 2. The smallest absolute Gasteiger partial charge is 0.248 e. The van der Waals surface area contributed by atoms with Gasteiger partial charge in [-0.1, -0.05) is 23.4 Å². The number of alkyl halides is 1. The summed E-state index contributed by atoms with van der Waals surface area (Å²) in [7, 11) is 0. The first-order valence-electron chi connectivity index (χ1n) is 6.84. The van der Waals surface area contributed by atoms with Crippen molar-refractivity contribution in [3.8, 4) is 0 Å². The van der Waals surface area contributed by atoms with E-state index in [1.807, 2.05) is 6.07 Å². The van der Waals surface area contributed by atoms with Crippen molar-refractivity contribution in [2.24, 2.45) is 10.7 Å². The SMILES string of the molecule is NC(=O)c1ccc2c(c1)Sc1ccc(Cl)cc1C(NC(=O)CCl)=N2. The van der Waals surface area contributed by atoms with Crippen LogP contribution in [0.2, 0.25) is 5.02 Å². The molecular formula is C16H11Cl2N3O2S. The van der Waals surface area contributed by atoms with Crippen molar-refractivity contribution in [3.05, 3.63) is 52.5 Å². The molecule has 1 heterocycles. The Morgan fingerprint density at radius 2 is 1.96 bits per heavy atom. The number of nitrogens with one attached hydrogen (secondary N) is 1. The predicted molar refractivity (Wildman–Crippen MR) is 95.6 cm³/mol. The summed E-state index contributed by atoms with van der Waals surface area (Å²) >= 11 is 13.1. The highest BCUT2D eigenvalue weighted by Crippen LogP contribution is 2.41. The van der Waals surface area contributed by atoms with E-state index in [1.54, 1.807) is 30.3 Å². The second-order valence-electron chi connectivity index (χ2n) is 4.93. The number of halogens is 2. The van der Waals surface area contributed by atoms with Gasteiger partial charge in [0.2, 0.25) is 11.8 Å². The number of nitrogens with two attached hydrogens (primary N) is 1. The van der Waals surface area contributed by atoms with Crippen LogP contribution in [0.5, 0.6) is 0 Å². The van der Waals surface area contributed by atoms with E-state index in [1.165, 1.54) is 11.8 Å². The van der Waals surface area contributed by atoms with Crippen molar-refractivity contribution in [2.75, 3.05) is 5.88 Å². The van der Waals surface area contributed by atoms with Crippen LogP contribution in [0.3, 0.4) is 0 Å². The molecule has 0 saturated carbocycles. The Kier molecular flexibility index (Phi) is 4.80. The first-order chi connectivity index (χ1) is 11.5. The Morgan fingerprint density at radius 3 is 2.67 bits per heavy atom. The molecule has 0 atom stereocenters. The number of primary amides is 1. The molecule has 2 amide bonds. The lowest BCUT2D eigenvalue weighted by atomic mass is 10.2. The number of nitrogens with zero attached hydrogens (tertiary/aromatic N) is 1. The summed E-state index contributed by atoms with van der Waals surface area (Å²) in [6.07, 6.45) is 0. The summed E-state index contributed by atoms with van der Waals surface area (Å²) in [5, 5.41) is 3.21. The average molecular weight is 380 g/mol.